The van der Waals surface area contributed by atoms with Gasteiger partial charge in [0.05, 0.1) is 0 Å². The molecule has 0 amide bonds. The minimum atomic E-state index is -0.823. The molecule has 3 atom stereocenters. The number of allylic oxidation sites excluding steroid dienone is 2. The van der Waals surface area contributed by atoms with E-state index in [1.807, 2.05) is 0 Å². The summed E-state index contributed by atoms with van der Waals surface area (Å²) in [6, 6.07) is 0. The van der Waals surface area contributed by atoms with Crippen LogP contribution in [0.4, 0.5) is 0 Å². The number of carboxylic acids is 1. The summed E-state index contributed by atoms with van der Waals surface area (Å²) in [5.41, 5.74) is 2.26. The van der Waals surface area contributed by atoms with Crippen LogP contribution in [0.15, 0.2) is 23.8 Å². The first-order valence-corrected chi connectivity index (χ1v) is 6.53. The highest BCUT2D eigenvalue weighted by Gasteiger charge is 2.42. The molecule has 1 N–H and O–H groups in total. The number of hydrogen-bond donors (Lipinski definition) is 1. The molecule has 0 saturated heterocycles. The molecule has 0 aromatic rings. The molecule has 0 aliphatic heterocycles. The van der Waals surface area contributed by atoms with E-state index in [0.717, 1.165) is 19.3 Å². The van der Waals surface area contributed by atoms with Gasteiger partial charge in [0.25, 0.3) is 0 Å². The van der Waals surface area contributed by atoms with Crippen LogP contribution in [0.25, 0.3) is 0 Å². The van der Waals surface area contributed by atoms with Crippen LogP contribution >= 0.6 is 0 Å². The quantitative estimate of drug-likeness (QED) is 0.583. The normalized spacial score (nSPS) is 36.9. The number of aliphatic carboxylic acids is 1. The van der Waals surface area contributed by atoms with Crippen molar-refractivity contribution < 1.29 is 9.90 Å². The summed E-state index contributed by atoms with van der Waals surface area (Å²) in [6.07, 6.45) is 7.87. The van der Waals surface area contributed by atoms with E-state index in [2.05, 4.69) is 26.5 Å². The van der Waals surface area contributed by atoms with Crippen molar-refractivity contribution in [2.24, 2.45) is 17.3 Å². The fourth-order valence-electron chi connectivity index (χ4n) is 3.66. The highest BCUT2D eigenvalue weighted by molar-refractivity contribution is 5.86. The molecule has 2 aliphatic carbocycles. The van der Waals surface area contributed by atoms with Gasteiger partial charge in [-0.05, 0) is 56.3 Å². The van der Waals surface area contributed by atoms with Crippen LogP contribution in [-0.4, -0.2) is 11.1 Å². The molecule has 0 bridgehead atoms. The van der Waals surface area contributed by atoms with Crippen molar-refractivity contribution in [3.63, 3.8) is 0 Å². The Morgan fingerprint density at radius 2 is 2.24 bits per heavy atom. The highest BCUT2D eigenvalue weighted by Crippen LogP contribution is 2.52. The lowest BCUT2D eigenvalue weighted by Gasteiger charge is -2.47. The largest absolute Gasteiger partial charge is 0.478 e. The first-order valence-electron chi connectivity index (χ1n) is 6.53. The molecule has 1 fully saturated rings. The minimum Gasteiger partial charge on any atom is -0.478 e. The Morgan fingerprint density at radius 3 is 2.88 bits per heavy atom. The molecule has 0 radical (unpaired) electrons. The summed E-state index contributed by atoms with van der Waals surface area (Å²) in [7, 11) is 0. The lowest BCUT2D eigenvalue weighted by Crippen LogP contribution is -2.37. The molecule has 0 heterocycles. The Kier molecular flexibility index (Phi) is 3.15. The number of hydrogen-bond acceptors (Lipinski definition) is 1. The van der Waals surface area contributed by atoms with Crippen LogP contribution in [-0.2, 0) is 4.79 Å². The monoisotopic (exact) mass is 234 g/mol. The van der Waals surface area contributed by atoms with Gasteiger partial charge < -0.3 is 5.11 Å². The molecule has 2 nitrogen and oxygen atoms in total. The predicted octanol–water partition coefficient (Wildman–Crippen LogP) is 3.79. The summed E-state index contributed by atoms with van der Waals surface area (Å²) >= 11 is 0. The van der Waals surface area contributed by atoms with Crippen LogP contribution in [0, 0.1) is 17.3 Å². The standard InChI is InChI=1S/C15H22O2/c1-10-5-4-7-15(3)8-6-12(9-13(10)15)11(2)14(16)17/h5,12-13H,2,4,6-9H2,1,3H3,(H,16,17)/t12-,13?,15-/m1/s1. The lowest BCUT2D eigenvalue weighted by atomic mass is 9.57. The van der Waals surface area contributed by atoms with Crippen molar-refractivity contribution in [2.75, 3.05) is 0 Å². The minimum absolute atomic E-state index is 0.173. The van der Waals surface area contributed by atoms with E-state index in [-0.39, 0.29) is 5.92 Å². The second-order valence-corrected chi connectivity index (χ2v) is 6.00. The maximum absolute atomic E-state index is 11.0. The molecule has 2 aliphatic rings. The van der Waals surface area contributed by atoms with Gasteiger partial charge in [-0.3, -0.25) is 0 Å². The fraction of sp³-hybridized carbons (Fsp3) is 0.667. The van der Waals surface area contributed by atoms with Gasteiger partial charge >= 0.3 is 5.97 Å². The van der Waals surface area contributed by atoms with Gasteiger partial charge in [0.15, 0.2) is 0 Å². The zero-order chi connectivity index (χ0) is 12.6. The van der Waals surface area contributed by atoms with Crippen LogP contribution < -0.4 is 0 Å². The van der Waals surface area contributed by atoms with Gasteiger partial charge in [-0.1, -0.05) is 25.2 Å². The third-order valence-electron chi connectivity index (χ3n) is 4.92. The first-order chi connectivity index (χ1) is 7.94. The van der Waals surface area contributed by atoms with E-state index in [1.54, 1.807) is 0 Å². The fourth-order valence-corrected chi connectivity index (χ4v) is 3.66. The van der Waals surface area contributed by atoms with Crippen molar-refractivity contribution in [3.8, 4) is 0 Å². The number of fused-ring (bicyclic) bond motifs is 1. The second kappa shape index (κ2) is 4.32. The first kappa shape index (κ1) is 12.4. The summed E-state index contributed by atoms with van der Waals surface area (Å²) in [5.74, 6) is -0.0887. The van der Waals surface area contributed by atoms with Gasteiger partial charge in [-0.25, -0.2) is 4.79 Å². The molecule has 1 unspecified atom stereocenters. The van der Waals surface area contributed by atoms with Crippen molar-refractivity contribution >= 4 is 5.97 Å². The van der Waals surface area contributed by atoms with Crippen LogP contribution in [0.5, 0.6) is 0 Å². The smallest absolute Gasteiger partial charge is 0.331 e. The van der Waals surface area contributed by atoms with Gasteiger partial charge in [-0.15, -0.1) is 0 Å². The predicted molar refractivity (Wildman–Crippen MR) is 68.7 cm³/mol. The van der Waals surface area contributed by atoms with E-state index < -0.39 is 5.97 Å². The molecule has 2 heteroatoms. The van der Waals surface area contributed by atoms with Gasteiger partial charge in [0, 0.05) is 5.57 Å². The van der Waals surface area contributed by atoms with Gasteiger partial charge in [0.2, 0.25) is 0 Å². The van der Waals surface area contributed by atoms with E-state index in [9.17, 15) is 4.79 Å². The summed E-state index contributed by atoms with van der Waals surface area (Å²) < 4.78 is 0. The number of carbonyl (C=O) groups is 1. The summed E-state index contributed by atoms with van der Waals surface area (Å²) in [5, 5.41) is 9.05. The van der Waals surface area contributed by atoms with E-state index in [1.165, 1.54) is 18.4 Å². The maximum Gasteiger partial charge on any atom is 0.331 e. The maximum atomic E-state index is 11.0. The molecule has 17 heavy (non-hydrogen) atoms. The molecule has 94 valence electrons. The molecular formula is C15H22O2. The Hall–Kier alpha value is -1.05. The third-order valence-corrected chi connectivity index (χ3v) is 4.92. The second-order valence-electron chi connectivity index (χ2n) is 6.00. The molecular weight excluding hydrogens is 212 g/mol. The average Bonchev–Trinajstić information content (AvgIpc) is 2.27. The molecule has 0 spiro atoms. The van der Waals surface area contributed by atoms with Crippen molar-refractivity contribution in [3.05, 3.63) is 23.8 Å². The molecule has 0 aromatic carbocycles. The Morgan fingerprint density at radius 1 is 1.53 bits per heavy atom. The van der Waals surface area contributed by atoms with E-state index >= 15 is 0 Å². The van der Waals surface area contributed by atoms with Crippen LogP contribution in [0.2, 0.25) is 0 Å². The topological polar surface area (TPSA) is 37.3 Å². The molecule has 0 aromatic heterocycles. The zero-order valence-corrected chi connectivity index (χ0v) is 10.8. The lowest BCUT2D eigenvalue weighted by molar-refractivity contribution is -0.133. The highest BCUT2D eigenvalue weighted by atomic mass is 16.4. The van der Waals surface area contributed by atoms with Crippen molar-refractivity contribution in [1.82, 2.24) is 0 Å². The van der Waals surface area contributed by atoms with Crippen molar-refractivity contribution in [2.45, 2.75) is 46.0 Å². The summed E-state index contributed by atoms with van der Waals surface area (Å²) in [4.78, 5) is 11.0. The SMILES string of the molecule is C=C(C(=O)O)[C@@H]1CC[C@@]2(C)CCC=C(C)C2C1. The Balaban J connectivity index is 2.17. The van der Waals surface area contributed by atoms with Gasteiger partial charge in [-0.2, -0.15) is 0 Å². The molecule has 1 saturated carbocycles. The number of carboxylic acid groups (broad SMARTS) is 1. The van der Waals surface area contributed by atoms with E-state index in [0.29, 0.717) is 16.9 Å². The Labute approximate surface area is 103 Å². The van der Waals surface area contributed by atoms with Crippen molar-refractivity contribution in [1.29, 1.82) is 0 Å². The van der Waals surface area contributed by atoms with E-state index in [4.69, 9.17) is 5.11 Å². The average molecular weight is 234 g/mol. The number of rotatable bonds is 2. The third kappa shape index (κ3) is 2.18. The Bertz CT molecular complexity index is 380. The van der Waals surface area contributed by atoms with Crippen LogP contribution in [0.1, 0.15) is 46.0 Å². The summed E-state index contributed by atoms with van der Waals surface area (Å²) in [6.45, 7) is 8.32. The van der Waals surface area contributed by atoms with Gasteiger partial charge in [0.1, 0.15) is 0 Å². The molecule has 2 rings (SSSR count). The van der Waals surface area contributed by atoms with Crippen LogP contribution in [0.3, 0.4) is 0 Å². The zero-order valence-electron chi connectivity index (χ0n) is 10.8.